The SMILES string of the molecule is CCOCC(C)NCC(O)COc1ccccc1. The molecule has 0 aromatic heterocycles. The lowest BCUT2D eigenvalue weighted by Gasteiger charge is -2.17. The fraction of sp³-hybridized carbons (Fsp3) is 0.571. The van der Waals surface area contributed by atoms with Crippen LogP contribution in [-0.2, 0) is 4.74 Å². The van der Waals surface area contributed by atoms with Crippen LogP contribution in [0, 0.1) is 0 Å². The first-order valence-electron chi connectivity index (χ1n) is 6.39. The van der Waals surface area contributed by atoms with E-state index in [1.165, 1.54) is 0 Å². The van der Waals surface area contributed by atoms with Crippen LogP contribution in [0.3, 0.4) is 0 Å². The molecule has 2 N–H and O–H groups in total. The third kappa shape index (κ3) is 6.59. The predicted octanol–water partition coefficient (Wildman–Crippen LogP) is 1.44. The van der Waals surface area contributed by atoms with Gasteiger partial charge in [0.15, 0.2) is 0 Å². The average Bonchev–Trinajstić information content (AvgIpc) is 2.41. The van der Waals surface area contributed by atoms with Crippen LogP contribution in [0.2, 0.25) is 0 Å². The van der Waals surface area contributed by atoms with Gasteiger partial charge < -0.3 is 19.9 Å². The smallest absolute Gasteiger partial charge is 0.119 e. The highest BCUT2D eigenvalue weighted by atomic mass is 16.5. The Kier molecular flexibility index (Phi) is 7.41. The number of hydrogen-bond acceptors (Lipinski definition) is 4. The van der Waals surface area contributed by atoms with Gasteiger partial charge in [-0.05, 0) is 26.0 Å². The van der Waals surface area contributed by atoms with Crippen molar-refractivity contribution < 1.29 is 14.6 Å². The Morgan fingerprint density at radius 1 is 1.22 bits per heavy atom. The van der Waals surface area contributed by atoms with Crippen molar-refractivity contribution in [1.82, 2.24) is 5.32 Å². The highest BCUT2D eigenvalue weighted by Crippen LogP contribution is 2.08. The summed E-state index contributed by atoms with van der Waals surface area (Å²) in [5, 5.41) is 13.0. The third-order valence-corrected chi connectivity index (χ3v) is 2.46. The molecule has 0 saturated carbocycles. The number of rotatable bonds is 9. The van der Waals surface area contributed by atoms with Gasteiger partial charge in [-0.1, -0.05) is 18.2 Å². The number of para-hydroxylation sites is 1. The minimum atomic E-state index is -0.519. The second kappa shape index (κ2) is 8.91. The van der Waals surface area contributed by atoms with Gasteiger partial charge in [0.25, 0.3) is 0 Å². The summed E-state index contributed by atoms with van der Waals surface area (Å²) in [5.74, 6) is 0.777. The molecule has 18 heavy (non-hydrogen) atoms. The van der Waals surface area contributed by atoms with E-state index in [9.17, 15) is 5.11 Å². The Labute approximate surface area is 109 Å². The highest BCUT2D eigenvalue weighted by molar-refractivity contribution is 5.20. The van der Waals surface area contributed by atoms with Crippen LogP contribution >= 0.6 is 0 Å². The average molecular weight is 253 g/mol. The predicted molar refractivity (Wildman–Crippen MR) is 71.9 cm³/mol. The summed E-state index contributed by atoms with van der Waals surface area (Å²) in [6, 6.07) is 9.72. The molecule has 2 unspecified atom stereocenters. The van der Waals surface area contributed by atoms with Crippen LogP contribution in [0.15, 0.2) is 30.3 Å². The lowest BCUT2D eigenvalue weighted by molar-refractivity contribution is 0.0907. The maximum Gasteiger partial charge on any atom is 0.119 e. The third-order valence-electron chi connectivity index (χ3n) is 2.46. The number of benzene rings is 1. The summed E-state index contributed by atoms with van der Waals surface area (Å²) in [6.45, 7) is 6.16. The Hall–Kier alpha value is -1.10. The zero-order valence-corrected chi connectivity index (χ0v) is 11.1. The Balaban J connectivity index is 2.12. The van der Waals surface area contributed by atoms with Gasteiger partial charge in [0.05, 0.1) is 6.61 Å². The fourth-order valence-electron chi connectivity index (χ4n) is 1.46. The molecule has 1 rings (SSSR count). The molecule has 102 valence electrons. The van der Waals surface area contributed by atoms with E-state index in [-0.39, 0.29) is 6.04 Å². The molecule has 4 nitrogen and oxygen atoms in total. The molecule has 0 amide bonds. The maximum absolute atomic E-state index is 9.76. The summed E-state index contributed by atoms with van der Waals surface area (Å²) in [5.41, 5.74) is 0. The van der Waals surface area contributed by atoms with E-state index in [4.69, 9.17) is 9.47 Å². The first-order valence-corrected chi connectivity index (χ1v) is 6.39. The molecule has 1 aromatic carbocycles. The van der Waals surface area contributed by atoms with Crippen LogP contribution in [0.4, 0.5) is 0 Å². The number of aliphatic hydroxyl groups is 1. The van der Waals surface area contributed by atoms with Crippen molar-refractivity contribution in [3.8, 4) is 5.75 Å². The first kappa shape index (κ1) is 15.0. The Bertz CT molecular complexity index is 305. The van der Waals surface area contributed by atoms with Crippen molar-refractivity contribution in [2.24, 2.45) is 0 Å². The molecule has 0 saturated heterocycles. The van der Waals surface area contributed by atoms with Gasteiger partial charge >= 0.3 is 0 Å². The molecule has 0 aliphatic carbocycles. The van der Waals surface area contributed by atoms with Crippen molar-refractivity contribution in [1.29, 1.82) is 0 Å². The monoisotopic (exact) mass is 253 g/mol. The van der Waals surface area contributed by atoms with Gasteiger partial charge in [0, 0.05) is 19.2 Å². The van der Waals surface area contributed by atoms with Gasteiger partial charge in [0.2, 0.25) is 0 Å². The minimum absolute atomic E-state index is 0.233. The Morgan fingerprint density at radius 2 is 1.94 bits per heavy atom. The zero-order valence-electron chi connectivity index (χ0n) is 11.1. The number of aliphatic hydroxyl groups excluding tert-OH is 1. The largest absolute Gasteiger partial charge is 0.491 e. The summed E-state index contributed by atoms with van der Waals surface area (Å²) in [4.78, 5) is 0. The zero-order chi connectivity index (χ0) is 13.2. The topological polar surface area (TPSA) is 50.7 Å². The van der Waals surface area contributed by atoms with Crippen LogP contribution in [-0.4, -0.2) is 43.6 Å². The second-order valence-electron chi connectivity index (χ2n) is 4.25. The van der Waals surface area contributed by atoms with E-state index >= 15 is 0 Å². The first-order chi connectivity index (χ1) is 8.72. The molecule has 4 heteroatoms. The van der Waals surface area contributed by atoms with Crippen LogP contribution in [0.25, 0.3) is 0 Å². The molecule has 2 atom stereocenters. The summed E-state index contributed by atoms with van der Waals surface area (Å²) >= 11 is 0. The molecule has 0 aliphatic heterocycles. The molecule has 0 spiro atoms. The van der Waals surface area contributed by atoms with E-state index < -0.39 is 6.10 Å². The molecular weight excluding hydrogens is 230 g/mol. The number of hydrogen-bond donors (Lipinski definition) is 2. The lowest BCUT2D eigenvalue weighted by Crippen LogP contribution is -2.38. The van der Waals surface area contributed by atoms with Crippen LogP contribution in [0.5, 0.6) is 5.75 Å². The molecule has 0 bridgehead atoms. The standard InChI is InChI=1S/C14H23NO3/c1-3-17-10-12(2)15-9-13(16)11-18-14-7-5-4-6-8-14/h4-8,12-13,15-16H,3,9-11H2,1-2H3. The minimum Gasteiger partial charge on any atom is -0.491 e. The molecule has 0 heterocycles. The van der Waals surface area contributed by atoms with Gasteiger partial charge in [0.1, 0.15) is 18.5 Å². The number of nitrogens with one attached hydrogen (secondary N) is 1. The van der Waals surface area contributed by atoms with Gasteiger partial charge in [-0.2, -0.15) is 0 Å². The second-order valence-corrected chi connectivity index (χ2v) is 4.25. The Morgan fingerprint density at radius 3 is 2.61 bits per heavy atom. The highest BCUT2D eigenvalue weighted by Gasteiger charge is 2.07. The quantitative estimate of drug-likeness (QED) is 0.699. The van der Waals surface area contributed by atoms with Crippen LogP contribution < -0.4 is 10.1 Å². The molecule has 0 aliphatic rings. The van der Waals surface area contributed by atoms with Crippen molar-refractivity contribution in [2.75, 3.05) is 26.4 Å². The lowest BCUT2D eigenvalue weighted by atomic mass is 10.3. The van der Waals surface area contributed by atoms with Crippen molar-refractivity contribution >= 4 is 0 Å². The van der Waals surface area contributed by atoms with Gasteiger partial charge in [-0.15, -0.1) is 0 Å². The van der Waals surface area contributed by atoms with E-state index in [2.05, 4.69) is 5.32 Å². The molecule has 0 radical (unpaired) electrons. The normalized spacial score (nSPS) is 14.2. The van der Waals surface area contributed by atoms with Gasteiger partial charge in [-0.25, -0.2) is 0 Å². The van der Waals surface area contributed by atoms with Crippen molar-refractivity contribution in [3.63, 3.8) is 0 Å². The number of ether oxygens (including phenoxy) is 2. The van der Waals surface area contributed by atoms with E-state index in [1.54, 1.807) is 0 Å². The van der Waals surface area contributed by atoms with E-state index in [0.29, 0.717) is 26.4 Å². The maximum atomic E-state index is 9.76. The summed E-state index contributed by atoms with van der Waals surface area (Å²) in [7, 11) is 0. The fourth-order valence-corrected chi connectivity index (χ4v) is 1.46. The molecule has 1 aromatic rings. The molecule has 0 fully saturated rings. The summed E-state index contributed by atoms with van der Waals surface area (Å²) in [6.07, 6.45) is -0.519. The van der Waals surface area contributed by atoms with Gasteiger partial charge in [-0.3, -0.25) is 0 Å². The van der Waals surface area contributed by atoms with Crippen molar-refractivity contribution in [3.05, 3.63) is 30.3 Å². The van der Waals surface area contributed by atoms with E-state index in [0.717, 1.165) is 5.75 Å². The van der Waals surface area contributed by atoms with E-state index in [1.807, 2.05) is 44.2 Å². The molecular formula is C14H23NO3. The van der Waals surface area contributed by atoms with Crippen LogP contribution in [0.1, 0.15) is 13.8 Å². The van der Waals surface area contributed by atoms with Crippen molar-refractivity contribution in [2.45, 2.75) is 26.0 Å². The summed E-state index contributed by atoms with van der Waals surface area (Å²) < 4.78 is 10.7.